The molecule has 0 amide bonds. The highest BCUT2D eigenvalue weighted by Crippen LogP contribution is 2.41. The summed E-state index contributed by atoms with van der Waals surface area (Å²) in [6, 6.07) is 15.3. The highest BCUT2D eigenvalue weighted by Gasteiger charge is 2.25. The molecule has 1 atom stereocenters. The van der Waals surface area contributed by atoms with Gasteiger partial charge in [-0.05, 0) is 41.3 Å². The van der Waals surface area contributed by atoms with E-state index in [1.807, 2.05) is 0 Å². The van der Waals surface area contributed by atoms with Gasteiger partial charge in [0.25, 0.3) is 0 Å². The normalized spacial score (nSPS) is 17.8. The first-order valence-electron chi connectivity index (χ1n) is 6.64. The summed E-state index contributed by atoms with van der Waals surface area (Å²) in [5.74, 6) is 0.411. The molecule has 2 heteroatoms. The zero-order chi connectivity index (χ0) is 13.4. The minimum absolute atomic E-state index is 0.411. The van der Waals surface area contributed by atoms with E-state index >= 15 is 0 Å². The molecular formula is C17H17ClSi. The molecule has 1 aliphatic rings. The molecule has 0 spiro atoms. The van der Waals surface area contributed by atoms with Crippen molar-refractivity contribution in [3.63, 3.8) is 0 Å². The summed E-state index contributed by atoms with van der Waals surface area (Å²) in [6.45, 7) is 4.45. The largest absolute Gasteiger partial charge is 0.170 e. The Kier molecular flexibility index (Phi) is 3.34. The van der Waals surface area contributed by atoms with Crippen LogP contribution in [0, 0.1) is 6.92 Å². The third kappa shape index (κ3) is 2.07. The maximum Gasteiger partial charge on any atom is 0.156 e. The average molecular weight is 285 g/mol. The molecule has 2 aromatic carbocycles. The fourth-order valence-electron chi connectivity index (χ4n) is 3.05. The molecule has 0 N–H and O–H groups in total. The van der Waals surface area contributed by atoms with E-state index in [0.717, 1.165) is 0 Å². The number of allylic oxidation sites excluding steroid dienone is 1. The minimum Gasteiger partial charge on any atom is -0.170 e. The van der Waals surface area contributed by atoms with E-state index < -0.39 is 8.83 Å². The van der Waals surface area contributed by atoms with E-state index in [9.17, 15) is 0 Å². The molecule has 0 heterocycles. The lowest BCUT2D eigenvalue weighted by Gasteiger charge is -2.19. The molecule has 0 aromatic heterocycles. The lowest BCUT2D eigenvalue weighted by Crippen LogP contribution is -2.16. The number of fused-ring (bicyclic) bond motifs is 1. The summed E-state index contributed by atoms with van der Waals surface area (Å²) < 4.78 is 0. The zero-order valence-electron chi connectivity index (χ0n) is 11.3. The van der Waals surface area contributed by atoms with Crippen LogP contribution in [0.2, 0.25) is 0 Å². The van der Waals surface area contributed by atoms with Crippen LogP contribution < -0.4 is 5.19 Å². The number of hydrogen-bond donors (Lipinski definition) is 0. The standard InChI is InChI=1S/C17H17ClSi/c1-11-10-13-6-3-4-7-15(13)17(11)14-8-5-9-16(19-18)12(14)2/h3-10,17H,19H2,1-2H3. The Labute approximate surface area is 121 Å². The van der Waals surface area contributed by atoms with Crippen molar-refractivity contribution < 1.29 is 0 Å². The summed E-state index contributed by atoms with van der Waals surface area (Å²) >= 11 is 6.17. The fraction of sp³-hybridized carbons (Fsp3) is 0.176. The van der Waals surface area contributed by atoms with Crippen molar-refractivity contribution >= 4 is 31.2 Å². The Bertz CT molecular complexity index is 658. The Morgan fingerprint density at radius 3 is 2.47 bits per heavy atom. The molecule has 0 nitrogen and oxygen atoms in total. The van der Waals surface area contributed by atoms with Crippen molar-refractivity contribution in [2.75, 3.05) is 0 Å². The molecule has 1 aliphatic carbocycles. The van der Waals surface area contributed by atoms with Gasteiger partial charge in [0.1, 0.15) is 0 Å². The number of hydrogen-bond acceptors (Lipinski definition) is 0. The van der Waals surface area contributed by atoms with E-state index in [-0.39, 0.29) is 0 Å². The highest BCUT2D eigenvalue weighted by molar-refractivity contribution is 7.01. The van der Waals surface area contributed by atoms with Crippen molar-refractivity contribution in [1.82, 2.24) is 0 Å². The SMILES string of the molecule is CC1=Cc2ccccc2C1c1cccc([SiH2]Cl)c1C. The van der Waals surface area contributed by atoms with Gasteiger partial charge in [-0.25, -0.2) is 0 Å². The Morgan fingerprint density at radius 2 is 1.68 bits per heavy atom. The summed E-state index contributed by atoms with van der Waals surface area (Å²) in [5.41, 5.74) is 7.02. The first-order chi connectivity index (χ1) is 9.22. The van der Waals surface area contributed by atoms with Gasteiger partial charge >= 0.3 is 0 Å². The Morgan fingerprint density at radius 1 is 0.947 bits per heavy atom. The molecule has 19 heavy (non-hydrogen) atoms. The number of halogens is 1. The van der Waals surface area contributed by atoms with Crippen LogP contribution in [0.4, 0.5) is 0 Å². The Balaban J connectivity index is 2.16. The van der Waals surface area contributed by atoms with Gasteiger partial charge in [-0.1, -0.05) is 54.1 Å². The van der Waals surface area contributed by atoms with Crippen LogP contribution in [0.5, 0.6) is 0 Å². The van der Waals surface area contributed by atoms with Crippen molar-refractivity contribution in [3.05, 3.63) is 70.3 Å². The van der Waals surface area contributed by atoms with Crippen molar-refractivity contribution in [1.29, 1.82) is 0 Å². The maximum absolute atomic E-state index is 6.17. The molecule has 0 fully saturated rings. The van der Waals surface area contributed by atoms with Crippen LogP contribution in [-0.4, -0.2) is 8.83 Å². The molecule has 3 rings (SSSR count). The molecule has 0 saturated heterocycles. The number of benzene rings is 2. The van der Waals surface area contributed by atoms with Gasteiger partial charge in [0, 0.05) is 5.92 Å². The lowest BCUT2D eigenvalue weighted by molar-refractivity contribution is 0.965. The van der Waals surface area contributed by atoms with Crippen LogP contribution >= 0.6 is 11.1 Å². The molecule has 2 aromatic rings. The quantitative estimate of drug-likeness (QED) is 0.585. The predicted octanol–water partition coefficient (Wildman–Crippen LogP) is 3.49. The third-order valence-electron chi connectivity index (χ3n) is 4.09. The minimum atomic E-state index is -0.626. The van der Waals surface area contributed by atoms with Crippen LogP contribution in [0.1, 0.15) is 35.1 Å². The second-order valence-corrected chi connectivity index (χ2v) is 7.05. The van der Waals surface area contributed by atoms with Gasteiger partial charge in [0.05, 0.1) is 0 Å². The van der Waals surface area contributed by atoms with Crippen molar-refractivity contribution in [3.8, 4) is 0 Å². The molecule has 96 valence electrons. The monoisotopic (exact) mass is 284 g/mol. The molecule has 0 aliphatic heterocycles. The highest BCUT2D eigenvalue weighted by atomic mass is 35.6. The van der Waals surface area contributed by atoms with E-state index in [0.29, 0.717) is 5.92 Å². The lowest BCUT2D eigenvalue weighted by atomic mass is 9.86. The Hall–Kier alpha value is -1.31. The van der Waals surface area contributed by atoms with Crippen LogP contribution in [0.3, 0.4) is 0 Å². The second-order valence-electron chi connectivity index (χ2n) is 5.22. The molecule has 1 unspecified atom stereocenters. The zero-order valence-corrected chi connectivity index (χ0v) is 13.5. The molecular weight excluding hydrogens is 268 g/mol. The van der Waals surface area contributed by atoms with Crippen LogP contribution in [0.15, 0.2) is 48.0 Å². The summed E-state index contributed by atoms with van der Waals surface area (Å²) in [6.07, 6.45) is 2.31. The van der Waals surface area contributed by atoms with E-state index in [1.54, 1.807) is 0 Å². The molecule has 0 saturated carbocycles. The van der Waals surface area contributed by atoms with Gasteiger partial charge in [0.2, 0.25) is 0 Å². The smallest absolute Gasteiger partial charge is 0.156 e. The van der Waals surface area contributed by atoms with Crippen LogP contribution in [0.25, 0.3) is 6.08 Å². The third-order valence-corrected chi connectivity index (χ3v) is 6.01. The van der Waals surface area contributed by atoms with Gasteiger partial charge < -0.3 is 0 Å². The van der Waals surface area contributed by atoms with Gasteiger partial charge in [0.15, 0.2) is 8.83 Å². The summed E-state index contributed by atoms with van der Waals surface area (Å²) in [5, 5.41) is 1.37. The first kappa shape index (κ1) is 12.7. The predicted molar refractivity (Wildman–Crippen MR) is 87.1 cm³/mol. The first-order valence-corrected chi connectivity index (χ1v) is 9.48. The average Bonchev–Trinajstić information content (AvgIpc) is 2.75. The maximum atomic E-state index is 6.17. The van der Waals surface area contributed by atoms with Gasteiger partial charge in [-0.3, -0.25) is 0 Å². The second kappa shape index (κ2) is 4.99. The van der Waals surface area contributed by atoms with E-state index in [2.05, 4.69) is 62.4 Å². The van der Waals surface area contributed by atoms with E-state index in [1.165, 1.54) is 33.0 Å². The summed E-state index contributed by atoms with van der Waals surface area (Å²) in [7, 11) is -0.626. The van der Waals surface area contributed by atoms with Crippen molar-refractivity contribution in [2.45, 2.75) is 19.8 Å². The van der Waals surface area contributed by atoms with E-state index in [4.69, 9.17) is 11.1 Å². The van der Waals surface area contributed by atoms with Crippen LogP contribution in [-0.2, 0) is 0 Å². The van der Waals surface area contributed by atoms with Gasteiger partial charge in [-0.15, -0.1) is 0 Å². The van der Waals surface area contributed by atoms with Gasteiger partial charge in [-0.2, -0.15) is 11.1 Å². The van der Waals surface area contributed by atoms with Crippen molar-refractivity contribution in [2.24, 2.45) is 0 Å². The molecule has 0 bridgehead atoms. The molecule has 0 radical (unpaired) electrons. The fourth-order valence-corrected chi connectivity index (χ4v) is 4.55. The summed E-state index contributed by atoms with van der Waals surface area (Å²) in [4.78, 5) is 0. The topological polar surface area (TPSA) is 0 Å². The number of rotatable bonds is 2.